The molecule has 3 aliphatic rings. The smallest absolute Gasteiger partial charge is 0.345 e. The zero-order valence-corrected chi connectivity index (χ0v) is 15.9. The molecular weight excluding hydrogens is 358 g/mol. The van der Waals surface area contributed by atoms with E-state index in [0.29, 0.717) is 25.1 Å². The lowest BCUT2D eigenvalue weighted by Gasteiger charge is -2.28. The number of hydroxylamine groups is 2. The summed E-state index contributed by atoms with van der Waals surface area (Å²) in [7, 11) is 0. The van der Waals surface area contributed by atoms with Crippen molar-refractivity contribution in [1.29, 1.82) is 0 Å². The van der Waals surface area contributed by atoms with Crippen LogP contribution in [0.1, 0.15) is 49.6 Å². The third kappa shape index (κ3) is 3.22. The molecule has 0 spiro atoms. The first-order chi connectivity index (χ1) is 13.8. The highest BCUT2D eigenvalue weighted by molar-refractivity contribution is 5.77. The van der Waals surface area contributed by atoms with E-state index in [1.54, 1.807) is 0 Å². The average Bonchev–Trinajstić information content (AvgIpc) is 3.33. The molecule has 4 heterocycles. The van der Waals surface area contributed by atoms with Crippen molar-refractivity contribution in [2.24, 2.45) is 0 Å². The van der Waals surface area contributed by atoms with Gasteiger partial charge in [-0.15, -0.1) is 5.10 Å². The summed E-state index contributed by atoms with van der Waals surface area (Å²) in [6.45, 7) is 2.94. The Kier molecular flexibility index (Phi) is 4.64. The van der Waals surface area contributed by atoms with Crippen molar-refractivity contribution in [3.63, 3.8) is 0 Å². The topological polar surface area (TPSA) is 74.9 Å². The fourth-order valence-corrected chi connectivity index (χ4v) is 4.35. The molecule has 8 heteroatoms. The van der Waals surface area contributed by atoms with E-state index in [9.17, 15) is 4.79 Å². The van der Waals surface area contributed by atoms with Crippen LogP contribution in [-0.4, -0.2) is 51.9 Å². The predicted molar refractivity (Wildman–Crippen MR) is 101 cm³/mol. The van der Waals surface area contributed by atoms with E-state index in [0.717, 1.165) is 44.3 Å². The number of amides is 2. The van der Waals surface area contributed by atoms with Crippen LogP contribution in [0.15, 0.2) is 34.7 Å². The van der Waals surface area contributed by atoms with Gasteiger partial charge in [0.1, 0.15) is 12.6 Å². The summed E-state index contributed by atoms with van der Waals surface area (Å²) in [5, 5.41) is 10.1. The Morgan fingerprint density at radius 1 is 1.07 bits per heavy atom. The lowest BCUT2D eigenvalue weighted by molar-refractivity contribution is -0.140. The molecular formula is C20H25N5O3. The van der Waals surface area contributed by atoms with Gasteiger partial charge < -0.3 is 14.2 Å². The van der Waals surface area contributed by atoms with Crippen molar-refractivity contribution in [1.82, 2.24) is 20.2 Å². The second kappa shape index (κ2) is 7.43. The molecule has 28 heavy (non-hydrogen) atoms. The molecule has 0 aliphatic carbocycles. The number of carbonyl (C=O) groups excluding carboxylic acids is 1. The van der Waals surface area contributed by atoms with Crippen LogP contribution in [-0.2, 0) is 11.4 Å². The molecule has 3 saturated heterocycles. The number of hydrogen-bond donors (Lipinski definition) is 0. The van der Waals surface area contributed by atoms with Gasteiger partial charge in [0.15, 0.2) is 0 Å². The molecule has 0 unspecified atom stereocenters. The van der Waals surface area contributed by atoms with E-state index in [4.69, 9.17) is 9.25 Å². The highest BCUT2D eigenvalue weighted by Crippen LogP contribution is 2.38. The second-order valence-electron chi connectivity index (χ2n) is 7.74. The Bertz CT molecular complexity index is 820. The Hall–Kier alpha value is -2.61. The van der Waals surface area contributed by atoms with Crippen LogP contribution in [0, 0.1) is 0 Å². The van der Waals surface area contributed by atoms with Gasteiger partial charge in [0.2, 0.25) is 5.89 Å². The largest absolute Gasteiger partial charge is 0.406 e. The maximum absolute atomic E-state index is 12.9. The SMILES string of the molecule is O=C1N2C[C@@H](CC[C@H]2c2nnc(N3CCCCC3)o2)N1OCc1ccccc1. The molecule has 0 N–H and O–H groups in total. The molecule has 2 atom stereocenters. The fraction of sp³-hybridized carbons (Fsp3) is 0.550. The number of aromatic nitrogens is 2. The zero-order valence-electron chi connectivity index (χ0n) is 15.9. The average molecular weight is 383 g/mol. The van der Waals surface area contributed by atoms with Gasteiger partial charge in [-0.3, -0.25) is 4.84 Å². The van der Waals surface area contributed by atoms with Crippen molar-refractivity contribution >= 4 is 12.0 Å². The van der Waals surface area contributed by atoms with Gasteiger partial charge in [-0.1, -0.05) is 35.4 Å². The third-order valence-corrected chi connectivity index (χ3v) is 5.88. The molecule has 2 amide bonds. The molecule has 2 bridgehead atoms. The molecule has 1 aromatic heterocycles. The molecule has 0 radical (unpaired) electrons. The van der Waals surface area contributed by atoms with Crippen molar-refractivity contribution in [2.45, 2.75) is 50.8 Å². The van der Waals surface area contributed by atoms with Crippen LogP contribution < -0.4 is 4.90 Å². The molecule has 0 saturated carbocycles. The Morgan fingerprint density at radius 3 is 2.71 bits per heavy atom. The van der Waals surface area contributed by atoms with Gasteiger partial charge in [0.05, 0.1) is 6.04 Å². The van der Waals surface area contributed by atoms with Gasteiger partial charge in [0.25, 0.3) is 0 Å². The highest BCUT2D eigenvalue weighted by Gasteiger charge is 2.47. The minimum Gasteiger partial charge on any atom is -0.406 e. The number of urea groups is 1. The molecule has 2 aromatic rings. The van der Waals surface area contributed by atoms with E-state index in [2.05, 4.69) is 15.1 Å². The van der Waals surface area contributed by atoms with Crippen molar-refractivity contribution in [3.8, 4) is 0 Å². The number of benzene rings is 1. The lowest BCUT2D eigenvalue weighted by Crippen LogP contribution is -2.34. The maximum Gasteiger partial charge on any atom is 0.345 e. The zero-order chi connectivity index (χ0) is 18.9. The minimum absolute atomic E-state index is 0.0805. The molecule has 5 rings (SSSR count). The van der Waals surface area contributed by atoms with Crippen LogP contribution in [0.4, 0.5) is 10.8 Å². The highest BCUT2D eigenvalue weighted by atomic mass is 16.7. The van der Waals surface area contributed by atoms with E-state index in [-0.39, 0.29) is 18.1 Å². The van der Waals surface area contributed by atoms with Crippen LogP contribution in [0.5, 0.6) is 0 Å². The van der Waals surface area contributed by atoms with Gasteiger partial charge in [0, 0.05) is 19.6 Å². The molecule has 1 aromatic carbocycles. The summed E-state index contributed by atoms with van der Waals surface area (Å²) >= 11 is 0. The predicted octanol–water partition coefficient (Wildman–Crippen LogP) is 3.13. The van der Waals surface area contributed by atoms with Crippen molar-refractivity contribution in [3.05, 3.63) is 41.8 Å². The van der Waals surface area contributed by atoms with Crippen LogP contribution in [0.3, 0.4) is 0 Å². The number of nitrogens with zero attached hydrogens (tertiary/aromatic N) is 5. The fourth-order valence-electron chi connectivity index (χ4n) is 4.35. The Morgan fingerprint density at radius 2 is 1.89 bits per heavy atom. The first-order valence-corrected chi connectivity index (χ1v) is 10.1. The second-order valence-corrected chi connectivity index (χ2v) is 7.74. The van der Waals surface area contributed by atoms with Crippen LogP contribution in [0.2, 0.25) is 0 Å². The minimum atomic E-state index is -0.167. The Labute approximate surface area is 164 Å². The normalized spacial score (nSPS) is 24.9. The van der Waals surface area contributed by atoms with Gasteiger partial charge in [-0.25, -0.2) is 4.79 Å². The lowest BCUT2D eigenvalue weighted by atomic mass is 10.0. The molecule has 3 aliphatic heterocycles. The maximum atomic E-state index is 12.9. The molecule has 8 nitrogen and oxygen atoms in total. The van der Waals surface area contributed by atoms with Crippen molar-refractivity contribution < 1.29 is 14.0 Å². The van der Waals surface area contributed by atoms with E-state index in [1.165, 1.54) is 11.5 Å². The van der Waals surface area contributed by atoms with E-state index in [1.807, 2.05) is 35.2 Å². The first kappa shape index (κ1) is 17.5. The monoisotopic (exact) mass is 383 g/mol. The van der Waals surface area contributed by atoms with E-state index >= 15 is 0 Å². The van der Waals surface area contributed by atoms with Gasteiger partial charge in [-0.05, 0) is 37.7 Å². The first-order valence-electron chi connectivity index (χ1n) is 10.1. The van der Waals surface area contributed by atoms with Crippen molar-refractivity contribution in [2.75, 3.05) is 24.5 Å². The number of anilines is 1. The summed E-state index contributed by atoms with van der Waals surface area (Å²) in [6.07, 6.45) is 5.23. The summed E-state index contributed by atoms with van der Waals surface area (Å²) in [6, 6.07) is 10.3. The van der Waals surface area contributed by atoms with Crippen LogP contribution >= 0.6 is 0 Å². The molecule has 3 fully saturated rings. The summed E-state index contributed by atoms with van der Waals surface area (Å²) in [4.78, 5) is 22.8. The summed E-state index contributed by atoms with van der Waals surface area (Å²) < 4.78 is 5.98. The van der Waals surface area contributed by atoms with E-state index < -0.39 is 0 Å². The van der Waals surface area contributed by atoms with Gasteiger partial charge in [-0.2, -0.15) is 5.06 Å². The quantitative estimate of drug-likeness (QED) is 0.790. The van der Waals surface area contributed by atoms with Crippen LogP contribution in [0.25, 0.3) is 0 Å². The number of hydrogen-bond acceptors (Lipinski definition) is 6. The number of rotatable bonds is 5. The Balaban J connectivity index is 1.26. The van der Waals surface area contributed by atoms with Gasteiger partial charge >= 0.3 is 12.0 Å². The number of piperidine rings is 2. The number of carbonyl (C=O) groups is 1. The third-order valence-electron chi connectivity index (χ3n) is 5.88. The summed E-state index contributed by atoms with van der Waals surface area (Å²) in [5.74, 6) is 0.539. The number of fused-ring (bicyclic) bond motifs is 2. The standard InChI is InChI=1S/C20H25N5O3/c26-20-24-13-16(25(20)27-14-15-7-3-1-4-8-15)9-10-17(24)18-21-22-19(28-18)23-11-5-2-6-12-23/h1,3-4,7-8,16-17H,2,5-6,9-14H2/t16-,17+/m1/s1. The summed E-state index contributed by atoms with van der Waals surface area (Å²) in [5.41, 5.74) is 1.05. The molecule has 148 valence electrons.